The lowest BCUT2D eigenvalue weighted by molar-refractivity contribution is -0.137. The van der Waals surface area contributed by atoms with Gasteiger partial charge in [0.25, 0.3) is 0 Å². The van der Waals surface area contributed by atoms with E-state index in [9.17, 15) is 18.0 Å². The van der Waals surface area contributed by atoms with Crippen LogP contribution in [0.2, 0.25) is 0 Å². The largest absolute Gasteiger partial charge is 0.476 e. The Balaban J connectivity index is 2.72. The lowest BCUT2D eigenvalue weighted by atomic mass is 10.4. The summed E-state index contributed by atoms with van der Waals surface area (Å²) in [7, 11) is 0. The van der Waals surface area contributed by atoms with Crippen molar-refractivity contribution >= 4 is 28.6 Å². The van der Waals surface area contributed by atoms with Gasteiger partial charge in [-0.15, -0.1) is 0 Å². The fourth-order valence-corrected chi connectivity index (χ4v) is 1.56. The highest BCUT2D eigenvalue weighted by Crippen LogP contribution is 2.20. The average molecular weight is 334 g/mol. The highest BCUT2D eigenvalue weighted by Gasteiger charge is 2.27. The molecule has 0 fully saturated rings. The van der Waals surface area contributed by atoms with Gasteiger partial charge in [0.15, 0.2) is 5.69 Å². The molecule has 0 aromatic carbocycles. The molecule has 0 saturated heterocycles. The Morgan fingerprint density at radius 2 is 2.20 bits per heavy atom. The Bertz CT molecular complexity index is 375. The summed E-state index contributed by atoms with van der Waals surface area (Å²) in [5.41, 5.74) is -0.224. The number of rotatable bonds is 3. The molecule has 0 atom stereocenters. The maximum absolute atomic E-state index is 11.8. The van der Waals surface area contributed by atoms with Crippen LogP contribution >= 0.6 is 22.6 Å². The first-order valence-corrected chi connectivity index (χ1v) is 4.90. The summed E-state index contributed by atoms with van der Waals surface area (Å²) in [5, 5.41) is 12.1. The number of aromatic nitrogens is 2. The van der Waals surface area contributed by atoms with Crippen molar-refractivity contribution in [3.8, 4) is 0 Å². The molecule has 0 aliphatic heterocycles. The van der Waals surface area contributed by atoms with Crippen LogP contribution in [0.15, 0.2) is 6.20 Å². The van der Waals surface area contributed by atoms with E-state index in [1.807, 2.05) is 0 Å². The van der Waals surface area contributed by atoms with E-state index in [1.54, 1.807) is 22.6 Å². The number of aromatic carboxylic acids is 1. The molecule has 0 spiro atoms. The molecule has 1 aromatic heterocycles. The van der Waals surface area contributed by atoms with E-state index in [1.165, 1.54) is 6.20 Å². The second-order valence-corrected chi connectivity index (χ2v) is 3.92. The SMILES string of the molecule is O=C(O)c1nn(CCC(F)(F)F)cc1I. The van der Waals surface area contributed by atoms with E-state index in [0.717, 1.165) is 4.68 Å². The van der Waals surface area contributed by atoms with E-state index >= 15 is 0 Å². The Morgan fingerprint density at radius 3 is 2.60 bits per heavy atom. The second-order valence-electron chi connectivity index (χ2n) is 2.76. The van der Waals surface area contributed by atoms with Crippen LogP contribution in [0.5, 0.6) is 0 Å². The highest BCUT2D eigenvalue weighted by molar-refractivity contribution is 14.1. The maximum Gasteiger partial charge on any atom is 0.390 e. The first-order chi connectivity index (χ1) is 6.79. The van der Waals surface area contributed by atoms with Crippen LogP contribution in [0.4, 0.5) is 13.2 Å². The van der Waals surface area contributed by atoms with Crippen molar-refractivity contribution in [2.24, 2.45) is 0 Å². The number of carboxylic acids is 1. The number of carboxylic acid groups (broad SMARTS) is 1. The van der Waals surface area contributed by atoms with Crippen molar-refractivity contribution < 1.29 is 23.1 Å². The van der Waals surface area contributed by atoms with E-state index < -0.39 is 18.6 Å². The fraction of sp³-hybridized carbons (Fsp3) is 0.429. The zero-order chi connectivity index (χ0) is 11.6. The lowest BCUT2D eigenvalue weighted by Crippen LogP contribution is -2.13. The fourth-order valence-electron chi connectivity index (χ4n) is 0.898. The molecule has 1 heterocycles. The van der Waals surface area contributed by atoms with Gasteiger partial charge in [-0.25, -0.2) is 4.79 Å². The van der Waals surface area contributed by atoms with Crippen LogP contribution in [0, 0.1) is 3.57 Å². The molecule has 0 amide bonds. The molecule has 0 bridgehead atoms. The normalized spacial score (nSPS) is 11.7. The Morgan fingerprint density at radius 1 is 1.60 bits per heavy atom. The zero-order valence-electron chi connectivity index (χ0n) is 7.25. The van der Waals surface area contributed by atoms with Crippen molar-refractivity contribution in [1.82, 2.24) is 9.78 Å². The summed E-state index contributed by atoms with van der Waals surface area (Å²) in [5.74, 6) is -1.25. The van der Waals surface area contributed by atoms with E-state index in [-0.39, 0.29) is 12.2 Å². The van der Waals surface area contributed by atoms with Crippen molar-refractivity contribution in [2.45, 2.75) is 19.1 Å². The monoisotopic (exact) mass is 334 g/mol. The second kappa shape index (κ2) is 4.37. The predicted molar refractivity (Wildman–Crippen MR) is 52.6 cm³/mol. The highest BCUT2D eigenvalue weighted by atomic mass is 127. The van der Waals surface area contributed by atoms with Crippen LogP contribution in [0.25, 0.3) is 0 Å². The molecule has 0 saturated carbocycles. The van der Waals surface area contributed by atoms with Crippen LogP contribution in [0.1, 0.15) is 16.9 Å². The van der Waals surface area contributed by atoms with Gasteiger partial charge in [0, 0.05) is 12.7 Å². The number of nitrogens with zero attached hydrogens (tertiary/aromatic N) is 2. The number of alkyl halides is 3. The molecule has 1 rings (SSSR count). The minimum Gasteiger partial charge on any atom is -0.476 e. The molecular weight excluding hydrogens is 328 g/mol. The first kappa shape index (κ1) is 12.3. The average Bonchev–Trinajstić information content (AvgIpc) is 2.42. The van der Waals surface area contributed by atoms with Crippen molar-refractivity contribution in [3.05, 3.63) is 15.5 Å². The van der Waals surface area contributed by atoms with Crippen molar-refractivity contribution in [2.75, 3.05) is 0 Å². The minimum atomic E-state index is -4.26. The van der Waals surface area contributed by atoms with Crippen LogP contribution in [0.3, 0.4) is 0 Å². The maximum atomic E-state index is 11.8. The first-order valence-electron chi connectivity index (χ1n) is 3.82. The molecule has 4 nitrogen and oxygen atoms in total. The number of halogens is 4. The number of hydrogen-bond donors (Lipinski definition) is 1. The zero-order valence-corrected chi connectivity index (χ0v) is 9.41. The van der Waals surface area contributed by atoms with Gasteiger partial charge in [0.1, 0.15) is 0 Å². The van der Waals surface area contributed by atoms with E-state index in [2.05, 4.69) is 5.10 Å². The Labute approximate surface area is 96.2 Å². The van der Waals surface area contributed by atoms with E-state index in [4.69, 9.17) is 5.11 Å². The predicted octanol–water partition coefficient (Wildman–Crippen LogP) is 2.14. The van der Waals surface area contributed by atoms with Gasteiger partial charge in [0.2, 0.25) is 0 Å². The van der Waals surface area contributed by atoms with Gasteiger partial charge >= 0.3 is 12.1 Å². The van der Waals surface area contributed by atoms with Gasteiger partial charge in [-0.05, 0) is 22.6 Å². The van der Waals surface area contributed by atoms with Gasteiger partial charge in [-0.1, -0.05) is 0 Å². The Hall–Kier alpha value is -0.800. The van der Waals surface area contributed by atoms with Gasteiger partial charge < -0.3 is 5.11 Å². The standard InChI is InChI=1S/C7H6F3IN2O2/c8-7(9,10)1-2-13-3-4(11)5(12-13)6(14)15/h3H,1-2H2,(H,14,15). The van der Waals surface area contributed by atoms with Gasteiger partial charge in [0.05, 0.1) is 9.99 Å². The molecule has 15 heavy (non-hydrogen) atoms. The molecule has 1 N–H and O–H groups in total. The lowest BCUT2D eigenvalue weighted by Gasteiger charge is -2.05. The molecule has 0 aliphatic carbocycles. The molecule has 0 unspecified atom stereocenters. The molecule has 0 aliphatic rings. The van der Waals surface area contributed by atoms with E-state index in [0.29, 0.717) is 3.57 Å². The molecule has 84 valence electrons. The van der Waals surface area contributed by atoms with Crippen molar-refractivity contribution in [1.29, 1.82) is 0 Å². The molecule has 1 aromatic rings. The number of hydrogen-bond acceptors (Lipinski definition) is 2. The smallest absolute Gasteiger partial charge is 0.390 e. The van der Waals surface area contributed by atoms with Crippen molar-refractivity contribution in [3.63, 3.8) is 0 Å². The quantitative estimate of drug-likeness (QED) is 0.862. The number of carbonyl (C=O) groups is 1. The third kappa shape index (κ3) is 3.68. The third-order valence-electron chi connectivity index (χ3n) is 1.54. The summed E-state index contributed by atoms with van der Waals surface area (Å²) >= 11 is 1.71. The Kier molecular flexibility index (Phi) is 3.58. The summed E-state index contributed by atoms with van der Waals surface area (Å²) < 4.78 is 36.9. The van der Waals surface area contributed by atoms with Gasteiger partial charge in [-0.2, -0.15) is 18.3 Å². The minimum absolute atomic E-state index is 0.224. The topological polar surface area (TPSA) is 55.1 Å². The molecule has 8 heteroatoms. The molecular formula is C7H6F3IN2O2. The molecule has 0 radical (unpaired) electrons. The summed E-state index contributed by atoms with van der Waals surface area (Å²) in [6.45, 7) is -0.368. The van der Waals surface area contributed by atoms with Crippen LogP contribution < -0.4 is 0 Å². The summed E-state index contributed by atoms with van der Waals surface area (Å²) in [6.07, 6.45) is -4.01. The summed E-state index contributed by atoms with van der Waals surface area (Å²) in [4.78, 5) is 10.5. The number of aryl methyl sites for hydroxylation is 1. The van der Waals surface area contributed by atoms with Gasteiger partial charge in [-0.3, -0.25) is 4.68 Å². The summed E-state index contributed by atoms with van der Waals surface area (Å²) in [6, 6.07) is 0. The van der Waals surface area contributed by atoms with Crippen LogP contribution in [-0.2, 0) is 6.54 Å². The van der Waals surface area contributed by atoms with Crippen LogP contribution in [-0.4, -0.2) is 27.0 Å². The third-order valence-corrected chi connectivity index (χ3v) is 2.33.